The molecule has 8 heteroatoms. The second kappa shape index (κ2) is 9.07. The highest BCUT2D eigenvalue weighted by atomic mass is 32.1. The van der Waals surface area contributed by atoms with E-state index in [1.165, 1.54) is 16.2 Å². The van der Waals surface area contributed by atoms with E-state index in [9.17, 15) is 4.79 Å². The summed E-state index contributed by atoms with van der Waals surface area (Å²) in [6, 6.07) is 17.8. The summed E-state index contributed by atoms with van der Waals surface area (Å²) in [5.74, 6) is 1.59. The first-order chi connectivity index (χ1) is 16.1. The normalized spacial score (nSPS) is 13.4. The molecule has 0 bridgehead atoms. The van der Waals surface area contributed by atoms with Crippen LogP contribution < -0.4 is 10.5 Å². The number of carbonyl (C=O) groups excluding carboxylic acids is 1. The van der Waals surface area contributed by atoms with Crippen LogP contribution in [0.5, 0.6) is 5.75 Å². The van der Waals surface area contributed by atoms with E-state index < -0.39 is 0 Å². The molecule has 3 heterocycles. The van der Waals surface area contributed by atoms with Gasteiger partial charge in [0, 0.05) is 48.3 Å². The topological polar surface area (TPSA) is 86.3 Å². The van der Waals surface area contributed by atoms with E-state index in [4.69, 9.17) is 15.5 Å². The Morgan fingerprint density at radius 2 is 1.82 bits per heavy atom. The molecule has 2 N–H and O–H groups in total. The number of nitrogen functional groups attached to an aromatic ring is 1. The summed E-state index contributed by atoms with van der Waals surface area (Å²) < 4.78 is 7.28. The average molecular weight is 460 g/mol. The number of benzene rings is 2. The maximum Gasteiger partial charge on any atom is 0.230 e. The first-order valence-electron chi connectivity index (χ1n) is 10.9. The fraction of sp³-hybridized carbons (Fsp3) is 0.240. The first kappa shape index (κ1) is 21.2. The molecule has 1 aliphatic rings. The molecule has 0 saturated carbocycles. The van der Waals surface area contributed by atoms with Gasteiger partial charge in [-0.1, -0.05) is 18.2 Å². The number of hydrogen-bond donors (Lipinski definition) is 1. The number of fused-ring (bicyclic) bond motifs is 1. The zero-order valence-electron chi connectivity index (χ0n) is 18.4. The van der Waals surface area contributed by atoms with Crippen molar-refractivity contribution in [3.05, 3.63) is 77.2 Å². The molecule has 0 saturated heterocycles. The molecule has 4 aromatic rings. The fourth-order valence-corrected chi connectivity index (χ4v) is 5.00. The van der Waals surface area contributed by atoms with Crippen molar-refractivity contribution in [1.29, 1.82) is 0 Å². The van der Waals surface area contributed by atoms with E-state index in [-0.39, 0.29) is 12.3 Å². The summed E-state index contributed by atoms with van der Waals surface area (Å²) in [6.45, 7) is 1.32. The second-order valence-electron chi connectivity index (χ2n) is 7.96. The summed E-state index contributed by atoms with van der Waals surface area (Å²) >= 11 is 1.53. The largest absolute Gasteiger partial charge is 0.497 e. The lowest BCUT2D eigenvalue weighted by atomic mass is 10.1. The third-order valence-electron chi connectivity index (χ3n) is 5.88. The number of hydrogen-bond acceptors (Lipinski definition) is 6. The van der Waals surface area contributed by atoms with Gasteiger partial charge in [-0.2, -0.15) is 0 Å². The summed E-state index contributed by atoms with van der Waals surface area (Å²) in [5.41, 5.74) is 9.65. The van der Waals surface area contributed by atoms with Gasteiger partial charge in [-0.15, -0.1) is 11.3 Å². The standard InChI is InChI=1S/C25H25N5O2S/c1-32-19-9-7-17(8-10-19)21-16-30(18-5-3-2-4-6-18)23(27-21)15-24(31)29-13-11-20-22(12-14-29)33-25(26)28-20/h2-10,16H,11-15H2,1H3,(H2,26,28). The van der Waals surface area contributed by atoms with Gasteiger partial charge in [-0.25, -0.2) is 9.97 Å². The van der Waals surface area contributed by atoms with Crippen LogP contribution in [0.25, 0.3) is 16.9 Å². The number of rotatable bonds is 5. The van der Waals surface area contributed by atoms with Crippen molar-refractivity contribution >= 4 is 22.4 Å². The molecule has 5 rings (SSSR count). The SMILES string of the molecule is COc1ccc(-c2cn(-c3ccccc3)c(CC(=O)N3CCc4nc(N)sc4CC3)n2)cc1. The van der Waals surface area contributed by atoms with Gasteiger partial charge < -0.3 is 19.9 Å². The molecule has 168 valence electrons. The molecule has 7 nitrogen and oxygen atoms in total. The van der Waals surface area contributed by atoms with E-state index in [0.717, 1.165) is 47.1 Å². The highest BCUT2D eigenvalue weighted by Crippen LogP contribution is 2.26. The Labute approximate surface area is 196 Å². The summed E-state index contributed by atoms with van der Waals surface area (Å²) in [4.78, 5) is 25.7. The van der Waals surface area contributed by atoms with E-state index in [2.05, 4.69) is 4.98 Å². The molecule has 0 fully saturated rings. The highest BCUT2D eigenvalue weighted by Gasteiger charge is 2.23. The van der Waals surface area contributed by atoms with Crippen LogP contribution in [0.1, 0.15) is 16.4 Å². The van der Waals surface area contributed by atoms with Crippen molar-refractivity contribution in [2.45, 2.75) is 19.3 Å². The first-order valence-corrected chi connectivity index (χ1v) is 11.7. The number of nitrogens with two attached hydrogens (primary N) is 1. The van der Waals surface area contributed by atoms with Crippen molar-refractivity contribution in [2.24, 2.45) is 0 Å². The molecule has 0 spiro atoms. The summed E-state index contributed by atoms with van der Waals surface area (Å²) in [7, 11) is 1.65. The van der Waals surface area contributed by atoms with Crippen LogP contribution in [-0.2, 0) is 24.1 Å². The molecule has 0 atom stereocenters. The monoisotopic (exact) mass is 459 g/mol. The molecule has 1 aliphatic heterocycles. The van der Waals surface area contributed by atoms with E-state index in [1.54, 1.807) is 7.11 Å². The fourth-order valence-electron chi connectivity index (χ4n) is 4.14. The number of nitrogens with zero attached hydrogens (tertiary/aromatic N) is 4. The lowest BCUT2D eigenvalue weighted by molar-refractivity contribution is -0.130. The number of anilines is 1. The Balaban J connectivity index is 1.40. The Morgan fingerprint density at radius 3 is 2.58 bits per heavy atom. The summed E-state index contributed by atoms with van der Waals surface area (Å²) in [6.07, 6.45) is 3.75. The van der Waals surface area contributed by atoms with Crippen LogP contribution in [0, 0.1) is 0 Å². The van der Waals surface area contributed by atoms with Gasteiger partial charge in [-0.3, -0.25) is 4.79 Å². The van der Waals surface area contributed by atoms with E-state index >= 15 is 0 Å². The Bertz CT molecular complexity index is 1240. The lowest BCUT2D eigenvalue weighted by Gasteiger charge is -2.20. The zero-order chi connectivity index (χ0) is 22.8. The van der Waals surface area contributed by atoms with Crippen molar-refractivity contribution in [3.63, 3.8) is 0 Å². The quantitative estimate of drug-likeness (QED) is 0.491. The molecule has 0 radical (unpaired) electrons. The van der Waals surface area contributed by atoms with Crippen molar-refractivity contribution < 1.29 is 9.53 Å². The molecule has 0 unspecified atom stereocenters. The van der Waals surface area contributed by atoms with Gasteiger partial charge in [-0.05, 0) is 36.4 Å². The lowest BCUT2D eigenvalue weighted by Crippen LogP contribution is -2.35. The summed E-state index contributed by atoms with van der Waals surface area (Å²) in [5, 5.41) is 0.607. The molecular formula is C25H25N5O2S. The third kappa shape index (κ3) is 4.47. The number of thiazole rings is 1. The number of methoxy groups -OCH3 is 1. The third-order valence-corrected chi connectivity index (χ3v) is 6.87. The zero-order valence-corrected chi connectivity index (χ0v) is 19.2. The minimum absolute atomic E-state index is 0.0715. The van der Waals surface area contributed by atoms with Crippen molar-refractivity contribution in [3.8, 4) is 22.7 Å². The molecule has 33 heavy (non-hydrogen) atoms. The molecule has 2 aromatic carbocycles. The highest BCUT2D eigenvalue weighted by molar-refractivity contribution is 7.15. The minimum atomic E-state index is 0.0715. The van der Waals surface area contributed by atoms with Gasteiger partial charge in [0.1, 0.15) is 11.6 Å². The molecular weight excluding hydrogens is 434 g/mol. The van der Waals surface area contributed by atoms with Crippen LogP contribution in [0.2, 0.25) is 0 Å². The number of carbonyl (C=O) groups is 1. The number of para-hydroxylation sites is 1. The Kier molecular flexibility index (Phi) is 5.83. The van der Waals surface area contributed by atoms with Crippen LogP contribution in [0.4, 0.5) is 5.13 Å². The smallest absolute Gasteiger partial charge is 0.230 e. The van der Waals surface area contributed by atoms with Crippen molar-refractivity contribution in [1.82, 2.24) is 19.4 Å². The Morgan fingerprint density at radius 1 is 1.06 bits per heavy atom. The maximum absolute atomic E-state index is 13.3. The number of ether oxygens (including phenoxy) is 1. The number of imidazole rings is 1. The van der Waals surface area contributed by atoms with Gasteiger partial charge in [0.25, 0.3) is 0 Å². The second-order valence-corrected chi connectivity index (χ2v) is 9.07. The Hall–Kier alpha value is -3.65. The average Bonchev–Trinajstić information content (AvgIpc) is 3.36. The number of amides is 1. The maximum atomic E-state index is 13.3. The van der Waals surface area contributed by atoms with Gasteiger partial charge in [0.15, 0.2) is 5.13 Å². The van der Waals surface area contributed by atoms with E-state index in [1.807, 2.05) is 70.3 Å². The van der Waals surface area contributed by atoms with Crippen molar-refractivity contribution in [2.75, 3.05) is 25.9 Å². The predicted octanol–water partition coefficient (Wildman–Crippen LogP) is 3.76. The predicted molar refractivity (Wildman–Crippen MR) is 130 cm³/mol. The minimum Gasteiger partial charge on any atom is -0.497 e. The van der Waals surface area contributed by atoms with Crippen LogP contribution >= 0.6 is 11.3 Å². The van der Waals surface area contributed by atoms with Gasteiger partial charge >= 0.3 is 0 Å². The van der Waals surface area contributed by atoms with Crippen LogP contribution in [-0.4, -0.2) is 45.5 Å². The molecule has 1 amide bonds. The van der Waals surface area contributed by atoms with Crippen LogP contribution in [0.15, 0.2) is 60.8 Å². The number of aromatic nitrogens is 3. The van der Waals surface area contributed by atoms with E-state index in [0.29, 0.717) is 18.2 Å². The van der Waals surface area contributed by atoms with Gasteiger partial charge in [0.05, 0.1) is 24.9 Å². The molecule has 0 aliphatic carbocycles. The van der Waals surface area contributed by atoms with Crippen LogP contribution in [0.3, 0.4) is 0 Å². The molecule has 2 aromatic heterocycles. The van der Waals surface area contributed by atoms with Gasteiger partial charge in [0.2, 0.25) is 5.91 Å².